The average Bonchev–Trinajstić information content (AvgIpc) is 3.43. The number of allylic oxidation sites excluding steroid dienone is 3. The summed E-state index contributed by atoms with van der Waals surface area (Å²) in [5.74, 6) is 0.517. The van der Waals surface area contributed by atoms with E-state index in [1.165, 1.54) is 77.9 Å². The second-order valence-corrected chi connectivity index (χ2v) is 17.9. The van der Waals surface area contributed by atoms with E-state index in [0.717, 1.165) is 6.42 Å². The Morgan fingerprint density at radius 3 is 1.88 bits per heavy atom. The number of fused-ring (bicyclic) bond motifs is 8. The molecule has 1 unspecified atom stereocenters. The first-order chi connectivity index (χ1) is 23.1. The molecular weight excluding hydrogens is 591 g/mol. The van der Waals surface area contributed by atoms with Gasteiger partial charge in [-0.25, -0.2) is 0 Å². The van der Waals surface area contributed by atoms with Crippen molar-refractivity contribution in [2.45, 2.75) is 91.9 Å². The summed E-state index contributed by atoms with van der Waals surface area (Å²) in [4.78, 5) is 2.53. The molecule has 1 nitrogen and oxygen atoms in total. The molecule has 0 bridgehead atoms. The Bertz CT molecular complexity index is 2210. The van der Waals surface area contributed by atoms with E-state index in [1.807, 2.05) is 0 Å². The van der Waals surface area contributed by atoms with Gasteiger partial charge in [-0.3, -0.25) is 0 Å². The SMILES string of the molecule is CC(C)(C)c1ccc(N(C2=CCC(C(C)(C)C)C=C2)c2cc3c(c4ccccc24)-c2cc4c(cc2C3(C)C)-c2ccccc2C4(C)C)cc1. The molecule has 248 valence electrons. The molecule has 0 N–H and O–H groups in total. The van der Waals surface area contributed by atoms with Crippen LogP contribution in [0.4, 0.5) is 11.4 Å². The fraction of sp³-hybridized carbons (Fsp3) is 0.333. The van der Waals surface area contributed by atoms with Crippen LogP contribution in [0, 0.1) is 11.3 Å². The summed E-state index contributed by atoms with van der Waals surface area (Å²) in [5.41, 5.74) is 16.5. The van der Waals surface area contributed by atoms with Gasteiger partial charge in [0.15, 0.2) is 0 Å². The molecular formula is C48H51N. The Balaban J connectivity index is 1.36. The predicted octanol–water partition coefficient (Wildman–Crippen LogP) is 13.4. The van der Waals surface area contributed by atoms with Crippen molar-refractivity contribution in [3.63, 3.8) is 0 Å². The molecule has 1 atom stereocenters. The summed E-state index contributed by atoms with van der Waals surface area (Å²) in [6.07, 6.45) is 8.33. The number of rotatable bonds is 3. The van der Waals surface area contributed by atoms with E-state index >= 15 is 0 Å². The van der Waals surface area contributed by atoms with Crippen LogP contribution in [0.25, 0.3) is 33.0 Å². The molecule has 0 heterocycles. The molecule has 0 amide bonds. The molecule has 0 aromatic heterocycles. The minimum Gasteiger partial charge on any atom is -0.310 e. The quantitative estimate of drug-likeness (QED) is 0.189. The summed E-state index contributed by atoms with van der Waals surface area (Å²) in [7, 11) is 0. The molecule has 0 saturated heterocycles. The van der Waals surface area contributed by atoms with Gasteiger partial charge in [-0.1, -0.05) is 142 Å². The Kier molecular flexibility index (Phi) is 6.88. The van der Waals surface area contributed by atoms with Gasteiger partial charge >= 0.3 is 0 Å². The van der Waals surface area contributed by atoms with E-state index in [2.05, 4.69) is 183 Å². The second-order valence-electron chi connectivity index (χ2n) is 17.9. The van der Waals surface area contributed by atoms with Gasteiger partial charge in [0.2, 0.25) is 0 Å². The van der Waals surface area contributed by atoms with E-state index in [-0.39, 0.29) is 21.7 Å². The molecule has 5 aromatic rings. The largest absolute Gasteiger partial charge is 0.310 e. The number of nitrogens with zero attached hydrogens (tertiary/aromatic N) is 1. The first-order valence-corrected chi connectivity index (χ1v) is 18.2. The van der Waals surface area contributed by atoms with Crippen molar-refractivity contribution in [2.75, 3.05) is 4.90 Å². The third-order valence-electron chi connectivity index (χ3n) is 12.0. The molecule has 0 radical (unpaired) electrons. The summed E-state index contributed by atoms with van der Waals surface area (Å²) in [6.45, 7) is 23.6. The Labute approximate surface area is 294 Å². The van der Waals surface area contributed by atoms with Gasteiger partial charge in [0.25, 0.3) is 0 Å². The van der Waals surface area contributed by atoms with Crippen LogP contribution in [0.3, 0.4) is 0 Å². The average molecular weight is 642 g/mol. The summed E-state index contributed by atoms with van der Waals surface area (Å²) >= 11 is 0. The van der Waals surface area contributed by atoms with Crippen molar-refractivity contribution < 1.29 is 0 Å². The first kappa shape index (κ1) is 31.9. The van der Waals surface area contributed by atoms with Gasteiger partial charge in [-0.15, -0.1) is 0 Å². The molecule has 5 aromatic carbocycles. The van der Waals surface area contributed by atoms with Crippen molar-refractivity contribution in [3.05, 3.63) is 143 Å². The van der Waals surface area contributed by atoms with Crippen LogP contribution < -0.4 is 4.90 Å². The van der Waals surface area contributed by atoms with Crippen LogP contribution in [0.1, 0.15) is 103 Å². The topological polar surface area (TPSA) is 3.24 Å². The molecule has 3 aliphatic rings. The van der Waals surface area contributed by atoms with E-state index in [9.17, 15) is 0 Å². The van der Waals surface area contributed by atoms with E-state index in [4.69, 9.17) is 0 Å². The number of hydrogen-bond donors (Lipinski definition) is 0. The maximum atomic E-state index is 2.55. The van der Waals surface area contributed by atoms with Crippen molar-refractivity contribution in [2.24, 2.45) is 11.3 Å². The molecule has 1 heteroatoms. The van der Waals surface area contributed by atoms with Crippen LogP contribution in [0.2, 0.25) is 0 Å². The van der Waals surface area contributed by atoms with Gasteiger partial charge in [-0.05, 0) is 115 Å². The maximum absolute atomic E-state index is 2.55. The summed E-state index contributed by atoms with van der Waals surface area (Å²) in [5, 5.41) is 2.62. The van der Waals surface area contributed by atoms with E-state index in [1.54, 1.807) is 0 Å². The molecule has 0 fully saturated rings. The van der Waals surface area contributed by atoms with Crippen LogP contribution >= 0.6 is 0 Å². The van der Waals surface area contributed by atoms with Crippen LogP contribution in [0.15, 0.2) is 115 Å². The van der Waals surface area contributed by atoms with Gasteiger partial charge in [0.05, 0.1) is 5.69 Å². The van der Waals surface area contributed by atoms with Crippen molar-refractivity contribution in [1.29, 1.82) is 0 Å². The normalized spacial score (nSPS) is 18.5. The van der Waals surface area contributed by atoms with Gasteiger partial charge in [0, 0.05) is 27.6 Å². The molecule has 3 aliphatic carbocycles. The zero-order chi connectivity index (χ0) is 34.7. The lowest BCUT2D eigenvalue weighted by Gasteiger charge is -2.34. The zero-order valence-electron chi connectivity index (χ0n) is 31.1. The fourth-order valence-corrected chi connectivity index (χ4v) is 8.90. The van der Waals surface area contributed by atoms with E-state index in [0.29, 0.717) is 5.92 Å². The molecule has 8 rings (SSSR count). The molecule has 0 saturated carbocycles. The van der Waals surface area contributed by atoms with Crippen molar-refractivity contribution in [1.82, 2.24) is 0 Å². The third kappa shape index (κ3) is 4.79. The predicted molar refractivity (Wildman–Crippen MR) is 211 cm³/mol. The zero-order valence-corrected chi connectivity index (χ0v) is 31.1. The highest BCUT2D eigenvalue weighted by molar-refractivity contribution is 6.10. The van der Waals surface area contributed by atoms with Crippen molar-refractivity contribution >= 4 is 22.1 Å². The second kappa shape index (κ2) is 10.6. The number of benzene rings is 5. The molecule has 0 aliphatic heterocycles. The summed E-state index contributed by atoms with van der Waals surface area (Å²) in [6, 6.07) is 35.1. The minimum absolute atomic E-state index is 0.0374. The van der Waals surface area contributed by atoms with Crippen LogP contribution in [0.5, 0.6) is 0 Å². The van der Waals surface area contributed by atoms with Crippen LogP contribution in [-0.4, -0.2) is 0 Å². The standard InChI is InChI=1S/C48H51N/c1-45(2,3)30-19-23-32(24-20-30)49(33-25-21-31(22-26-33)46(4,5)6)43-29-42-44(36-17-12-11-16-35(36)43)38-28-40-37(27-41(38)48(42,9)10)34-15-13-14-18-39(34)47(40,7)8/h11-21,23-29,31H,22H2,1-10H3. The highest BCUT2D eigenvalue weighted by Gasteiger charge is 2.43. The lowest BCUT2D eigenvalue weighted by atomic mass is 9.77. The number of anilines is 2. The van der Waals surface area contributed by atoms with Gasteiger partial charge in [-0.2, -0.15) is 0 Å². The first-order valence-electron chi connectivity index (χ1n) is 18.2. The Morgan fingerprint density at radius 1 is 0.612 bits per heavy atom. The highest BCUT2D eigenvalue weighted by Crippen LogP contribution is 2.58. The number of hydrogen-bond acceptors (Lipinski definition) is 1. The third-order valence-corrected chi connectivity index (χ3v) is 12.0. The highest BCUT2D eigenvalue weighted by atomic mass is 15.1. The lowest BCUT2D eigenvalue weighted by molar-refractivity contribution is 0.293. The van der Waals surface area contributed by atoms with Gasteiger partial charge < -0.3 is 4.90 Å². The lowest BCUT2D eigenvalue weighted by Crippen LogP contribution is -2.23. The summed E-state index contributed by atoms with van der Waals surface area (Å²) < 4.78 is 0. The molecule has 0 spiro atoms. The smallest absolute Gasteiger partial charge is 0.0543 e. The van der Waals surface area contributed by atoms with E-state index < -0.39 is 0 Å². The van der Waals surface area contributed by atoms with Gasteiger partial charge in [0.1, 0.15) is 0 Å². The van der Waals surface area contributed by atoms with Crippen molar-refractivity contribution in [3.8, 4) is 22.3 Å². The van der Waals surface area contributed by atoms with Crippen LogP contribution in [-0.2, 0) is 16.2 Å². The maximum Gasteiger partial charge on any atom is 0.0543 e. The Hall–Kier alpha value is -4.36. The minimum atomic E-state index is -0.157. The Morgan fingerprint density at radius 2 is 1.22 bits per heavy atom. The molecule has 49 heavy (non-hydrogen) atoms. The monoisotopic (exact) mass is 641 g/mol. The fourth-order valence-electron chi connectivity index (χ4n) is 8.90.